The second-order valence-electron chi connectivity index (χ2n) is 4.40. The molecule has 3 nitrogen and oxygen atoms in total. The molecule has 0 aliphatic rings. The van der Waals surface area contributed by atoms with Gasteiger partial charge in [0.15, 0.2) is 0 Å². The van der Waals surface area contributed by atoms with Crippen LogP contribution in [0.2, 0.25) is 0 Å². The van der Waals surface area contributed by atoms with E-state index in [1.54, 1.807) is 11.3 Å². The first-order chi connectivity index (χ1) is 10.2. The third-order valence-electron chi connectivity index (χ3n) is 3.07. The summed E-state index contributed by atoms with van der Waals surface area (Å²) >= 11 is 4.96. The summed E-state index contributed by atoms with van der Waals surface area (Å²) < 4.78 is 0.904. The molecule has 0 amide bonds. The first-order valence-electron chi connectivity index (χ1n) is 6.16. The summed E-state index contributed by atoms with van der Waals surface area (Å²) in [4.78, 5) is 15.9. The zero-order valence-electron chi connectivity index (χ0n) is 10.8. The maximum absolute atomic E-state index is 12.2. The molecule has 0 unspecified atom stereocenters. The van der Waals surface area contributed by atoms with Gasteiger partial charge in [0.1, 0.15) is 11.6 Å². The summed E-state index contributed by atoms with van der Waals surface area (Å²) in [5.74, 6) is 0. The van der Waals surface area contributed by atoms with Crippen LogP contribution in [0.25, 0.3) is 21.7 Å². The molecule has 1 aromatic carbocycles. The summed E-state index contributed by atoms with van der Waals surface area (Å²) in [5, 5.41) is 11.2. The minimum atomic E-state index is -0.363. The molecule has 102 valence electrons. The van der Waals surface area contributed by atoms with Gasteiger partial charge in [-0.1, -0.05) is 34.1 Å². The van der Waals surface area contributed by atoms with E-state index < -0.39 is 0 Å². The number of pyridine rings is 1. The number of nitrogens with one attached hydrogen (secondary N) is 1. The van der Waals surface area contributed by atoms with Crippen LogP contribution in [-0.4, -0.2) is 4.98 Å². The Morgan fingerprint density at radius 1 is 1.19 bits per heavy atom. The van der Waals surface area contributed by atoms with E-state index in [2.05, 4.69) is 20.9 Å². The van der Waals surface area contributed by atoms with Gasteiger partial charge in [-0.15, -0.1) is 11.3 Å². The molecule has 3 aromatic rings. The molecular formula is C16H9BrN2OS. The minimum Gasteiger partial charge on any atom is -0.320 e. The molecule has 0 bridgehead atoms. The van der Waals surface area contributed by atoms with Crippen molar-refractivity contribution in [2.45, 2.75) is 0 Å². The first-order valence-corrected chi connectivity index (χ1v) is 7.83. The quantitative estimate of drug-likeness (QED) is 0.739. The fourth-order valence-corrected chi connectivity index (χ4v) is 3.22. The fourth-order valence-electron chi connectivity index (χ4n) is 2.12. The van der Waals surface area contributed by atoms with Crippen molar-refractivity contribution in [2.75, 3.05) is 0 Å². The zero-order valence-corrected chi connectivity index (χ0v) is 13.2. The van der Waals surface area contributed by atoms with Gasteiger partial charge < -0.3 is 4.98 Å². The Balaban J connectivity index is 2.28. The van der Waals surface area contributed by atoms with Crippen molar-refractivity contribution in [1.29, 1.82) is 5.26 Å². The van der Waals surface area contributed by atoms with Gasteiger partial charge in [-0.05, 0) is 35.2 Å². The third kappa shape index (κ3) is 2.68. The van der Waals surface area contributed by atoms with Crippen LogP contribution in [0.3, 0.4) is 0 Å². The topological polar surface area (TPSA) is 56.6 Å². The number of H-pyrrole nitrogens is 1. The van der Waals surface area contributed by atoms with Crippen LogP contribution >= 0.6 is 27.3 Å². The monoisotopic (exact) mass is 356 g/mol. The third-order valence-corrected chi connectivity index (χ3v) is 4.46. The van der Waals surface area contributed by atoms with Crippen LogP contribution in [0.4, 0.5) is 0 Å². The number of hydrogen-bond acceptors (Lipinski definition) is 3. The number of hydrogen-bond donors (Lipinski definition) is 1. The number of benzene rings is 1. The number of aromatic amines is 1. The van der Waals surface area contributed by atoms with Crippen molar-refractivity contribution < 1.29 is 0 Å². The average molecular weight is 357 g/mol. The molecule has 0 atom stereocenters. The lowest BCUT2D eigenvalue weighted by Crippen LogP contribution is -2.12. The predicted molar refractivity (Wildman–Crippen MR) is 88.2 cm³/mol. The van der Waals surface area contributed by atoms with Gasteiger partial charge >= 0.3 is 0 Å². The van der Waals surface area contributed by atoms with Crippen molar-refractivity contribution in [3.63, 3.8) is 0 Å². The lowest BCUT2D eigenvalue weighted by Gasteiger charge is -2.07. The largest absolute Gasteiger partial charge is 0.320 e. The molecule has 2 heterocycles. The number of rotatable bonds is 2. The van der Waals surface area contributed by atoms with Crippen molar-refractivity contribution in [2.24, 2.45) is 0 Å². The van der Waals surface area contributed by atoms with Crippen molar-refractivity contribution in [3.05, 3.63) is 68.2 Å². The molecule has 0 radical (unpaired) electrons. The van der Waals surface area contributed by atoms with Gasteiger partial charge in [-0.2, -0.15) is 5.26 Å². The highest BCUT2D eigenvalue weighted by Crippen LogP contribution is 2.29. The smallest absolute Gasteiger partial charge is 0.266 e. The van der Waals surface area contributed by atoms with Gasteiger partial charge in [-0.25, -0.2) is 0 Å². The molecule has 2 aromatic heterocycles. The molecule has 3 rings (SSSR count). The zero-order chi connectivity index (χ0) is 14.8. The van der Waals surface area contributed by atoms with E-state index in [9.17, 15) is 10.1 Å². The van der Waals surface area contributed by atoms with Crippen LogP contribution in [0.1, 0.15) is 5.56 Å². The molecule has 1 N–H and O–H groups in total. The van der Waals surface area contributed by atoms with E-state index in [4.69, 9.17) is 0 Å². The number of nitrogens with zero attached hydrogens (tertiary/aromatic N) is 1. The molecule has 21 heavy (non-hydrogen) atoms. The van der Waals surface area contributed by atoms with E-state index in [-0.39, 0.29) is 11.1 Å². The van der Waals surface area contributed by atoms with Crippen molar-refractivity contribution >= 4 is 27.3 Å². The highest BCUT2D eigenvalue weighted by Gasteiger charge is 2.13. The molecule has 0 spiro atoms. The molecule has 0 saturated carbocycles. The van der Waals surface area contributed by atoms with Crippen molar-refractivity contribution in [1.82, 2.24) is 4.98 Å². The fraction of sp³-hybridized carbons (Fsp3) is 0. The Morgan fingerprint density at radius 3 is 2.71 bits per heavy atom. The normalized spacial score (nSPS) is 10.3. The maximum atomic E-state index is 12.2. The maximum Gasteiger partial charge on any atom is 0.266 e. The van der Waals surface area contributed by atoms with Gasteiger partial charge in [0.2, 0.25) is 0 Å². The minimum absolute atomic E-state index is 0.133. The predicted octanol–water partition coefficient (Wildman–Crippen LogP) is 4.40. The number of thiophene rings is 1. The second kappa shape index (κ2) is 5.68. The Labute approximate surface area is 133 Å². The Kier molecular flexibility index (Phi) is 3.74. The summed E-state index contributed by atoms with van der Waals surface area (Å²) in [7, 11) is 0. The molecule has 5 heteroatoms. The standard InChI is InChI=1S/C16H9BrN2OS/c17-11-4-1-3-10(7-11)12-8-14(15-5-2-6-21-15)19-16(20)13(12)9-18/h1-8H,(H,19,20). The Hall–Kier alpha value is -2.16. The Morgan fingerprint density at radius 2 is 2.05 bits per heavy atom. The molecule has 0 saturated heterocycles. The summed E-state index contributed by atoms with van der Waals surface area (Å²) in [6.07, 6.45) is 0. The second-order valence-corrected chi connectivity index (χ2v) is 6.26. The van der Waals surface area contributed by atoms with Crippen molar-refractivity contribution in [3.8, 4) is 27.8 Å². The van der Waals surface area contributed by atoms with E-state index in [1.165, 1.54) is 0 Å². The summed E-state index contributed by atoms with van der Waals surface area (Å²) in [6.45, 7) is 0. The van der Waals surface area contributed by atoms with Gasteiger partial charge in [0.25, 0.3) is 5.56 Å². The van der Waals surface area contributed by atoms with Crippen LogP contribution in [0.15, 0.2) is 57.1 Å². The molecule has 0 aliphatic heterocycles. The highest BCUT2D eigenvalue weighted by atomic mass is 79.9. The number of nitriles is 1. The molecule has 0 aliphatic carbocycles. The number of aromatic nitrogens is 1. The van der Waals surface area contributed by atoms with E-state index >= 15 is 0 Å². The highest BCUT2D eigenvalue weighted by molar-refractivity contribution is 9.10. The Bertz CT molecular complexity index is 891. The molecule has 0 fully saturated rings. The van der Waals surface area contributed by atoms with E-state index in [0.29, 0.717) is 5.56 Å². The number of halogens is 1. The first kappa shape index (κ1) is 13.8. The SMILES string of the molecule is N#Cc1c(-c2cccc(Br)c2)cc(-c2cccs2)[nH]c1=O. The van der Waals surface area contributed by atoms with Gasteiger partial charge in [0, 0.05) is 10.0 Å². The van der Waals surface area contributed by atoms with Crippen LogP contribution in [0, 0.1) is 11.3 Å². The van der Waals surface area contributed by atoms with E-state index in [0.717, 1.165) is 20.6 Å². The average Bonchev–Trinajstić information content (AvgIpc) is 3.00. The van der Waals surface area contributed by atoms with Crippen LogP contribution in [0.5, 0.6) is 0 Å². The van der Waals surface area contributed by atoms with E-state index in [1.807, 2.05) is 53.9 Å². The van der Waals surface area contributed by atoms with Crippen LogP contribution in [-0.2, 0) is 0 Å². The van der Waals surface area contributed by atoms with Crippen LogP contribution < -0.4 is 5.56 Å². The lowest BCUT2D eigenvalue weighted by atomic mass is 10.0. The van der Waals surface area contributed by atoms with Gasteiger partial charge in [-0.3, -0.25) is 4.79 Å². The lowest BCUT2D eigenvalue weighted by molar-refractivity contribution is 1.22. The molecular weight excluding hydrogens is 348 g/mol. The van der Waals surface area contributed by atoms with Gasteiger partial charge in [0.05, 0.1) is 10.6 Å². The summed E-state index contributed by atoms with van der Waals surface area (Å²) in [5.41, 5.74) is 1.98. The summed E-state index contributed by atoms with van der Waals surface area (Å²) in [6, 6.07) is 15.3.